The molecule has 0 amide bonds. The van der Waals surface area contributed by atoms with Crippen molar-refractivity contribution >= 4 is 33.4 Å². The van der Waals surface area contributed by atoms with E-state index in [9.17, 15) is 9.18 Å². The van der Waals surface area contributed by atoms with E-state index in [0.29, 0.717) is 28.7 Å². The van der Waals surface area contributed by atoms with E-state index in [1.807, 2.05) is 22.8 Å². The number of nitrogens with zero attached hydrogens (tertiary/aromatic N) is 1. The Labute approximate surface area is 126 Å². The largest absolute Gasteiger partial charge is 0.338 e. The molecule has 0 fully saturated rings. The van der Waals surface area contributed by atoms with Crippen LogP contribution in [0.15, 0.2) is 47.3 Å². The van der Waals surface area contributed by atoms with Crippen molar-refractivity contribution in [2.24, 2.45) is 0 Å². The molecule has 0 N–H and O–H groups in total. The first-order valence-electron chi connectivity index (χ1n) is 7.00. The Bertz CT molecular complexity index is 856. The summed E-state index contributed by atoms with van der Waals surface area (Å²) < 4.78 is 16.2. The van der Waals surface area contributed by atoms with Crippen LogP contribution in [0, 0.1) is 5.82 Å². The maximum Gasteiger partial charge on any atom is 0.197 e. The van der Waals surface area contributed by atoms with Crippen molar-refractivity contribution < 1.29 is 4.39 Å². The lowest BCUT2D eigenvalue weighted by atomic mass is 10.1. The van der Waals surface area contributed by atoms with E-state index in [4.69, 9.17) is 11.6 Å². The van der Waals surface area contributed by atoms with Gasteiger partial charge in [0.2, 0.25) is 0 Å². The van der Waals surface area contributed by atoms with Crippen LogP contribution in [0.2, 0.25) is 0 Å². The molecular weight excluding hydrogens is 289 g/mol. The first-order valence-corrected chi connectivity index (χ1v) is 7.53. The number of hydrogen-bond acceptors (Lipinski definition) is 1. The molecule has 3 aromatic rings. The highest BCUT2D eigenvalue weighted by atomic mass is 35.5. The van der Waals surface area contributed by atoms with E-state index < -0.39 is 0 Å². The summed E-state index contributed by atoms with van der Waals surface area (Å²) in [4.78, 5) is 12.5. The van der Waals surface area contributed by atoms with Gasteiger partial charge in [-0.05, 0) is 37.1 Å². The number of aryl methyl sites for hydroxylation is 1. The zero-order chi connectivity index (χ0) is 14.8. The molecule has 1 aromatic heterocycles. The minimum Gasteiger partial charge on any atom is -0.338 e. The van der Waals surface area contributed by atoms with Gasteiger partial charge in [0.05, 0.1) is 11.0 Å². The maximum atomic E-state index is 14.3. The average Bonchev–Trinajstić information content (AvgIpc) is 2.51. The van der Waals surface area contributed by atoms with Crippen LogP contribution in [0.3, 0.4) is 0 Å². The second kappa shape index (κ2) is 5.86. The van der Waals surface area contributed by atoms with Crippen LogP contribution in [-0.2, 0) is 6.54 Å². The van der Waals surface area contributed by atoms with Gasteiger partial charge in [-0.2, -0.15) is 0 Å². The second-order valence-corrected chi connectivity index (χ2v) is 5.41. The van der Waals surface area contributed by atoms with Crippen molar-refractivity contribution in [3.05, 3.63) is 58.5 Å². The Morgan fingerprint density at radius 2 is 1.76 bits per heavy atom. The van der Waals surface area contributed by atoms with E-state index >= 15 is 0 Å². The third-order valence-corrected chi connectivity index (χ3v) is 3.97. The molecule has 0 unspecified atom stereocenters. The lowest BCUT2D eigenvalue weighted by Gasteiger charge is -2.15. The number of pyridine rings is 1. The Kier molecular flexibility index (Phi) is 3.93. The molecule has 108 valence electrons. The third-order valence-electron chi connectivity index (χ3n) is 3.71. The summed E-state index contributed by atoms with van der Waals surface area (Å²) in [5, 5.41) is 1.06. The Hall–Kier alpha value is -1.87. The van der Waals surface area contributed by atoms with Crippen molar-refractivity contribution in [1.82, 2.24) is 4.57 Å². The van der Waals surface area contributed by atoms with Crippen molar-refractivity contribution in [3.8, 4) is 0 Å². The molecule has 0 saturated carbocycles. The van der Waals surface area contributed by atoms with Crippen LogP contribution in [0.5, 0.6) is 0 Å². The monoisotopic (exact) mass is 303 g/mol. The summed E-state index contributed by atoms with van der Waals surface area (Å²) in [7, 11) is 0. The van der Waals surface area contributed by atoms with Crippen LogP contribution >= 0.6 is 11.6 Å². The van der Waals surface area contributed by atoms with Crippen LogP contribution < -0.4 is 5.43 Å². The summed E-state index contributed by atoms with van der Waals surface area (Å²) >= 11 is 5.73. The number of unbranched alkanes of at least 4 members (excludes halogenated alkanes) is 1. The lowest BCUT2D eigenvalue weighted by molar-refractivity contribution is 0.612. The van der Waals surface area contributed by atoms with Gasteiger partial charge in [0.1, 0.15) is 5.82 Å². The number of para-hydroxylation sites is 2. The van der Waals surface area contributed by atoms with Crippen LogP contribution in [0.1, 0.15) is 12.8 Å². The topological polar surface area (TPSA) is 22.0 Å². The first kappa shape index (κ1) is 14.1. The van der Waals surface area contributed by atoms with Gasteiger partial charge in [0.25, 0.3) is 0 Å². The fourth-order valence-electron chi connectivity index (χ4n) is 2.74. The number of aromatic nitrogens is 1. The van der Waals surface area contributed by atoms with Crippen LogP contribution in [0.25, 0.3) is 21.8 Å². The fraction of sp³-hybridized carbons (Fsp3) is 0.235. The number of benzene rings is 2. The van der Waals surface area contributed by atoms with E-state index in [1.54, 1.807) is 18.2 Å². The molecule has 3 rings (SSSR count). The molecule has 0 aliphatic rings. The van der Waals surface area contributed by atoms with E-state index in [1.165, 1.54) is 6.07 Å². The van der Waals surface area contributed by atoms with Gasteiger partial charge in [-0.1, -0.05) is 18.2 Å². The van der Waals surface area contributed by atoms with Crippen molar-refractivity contribution in [2.75, 3.05) is 5.88 Å². The normalized spacial score (nSPS) is 11.3. The molecule has 0 spiro atoms. The Morgan fingerprint density at radius 3 is 2.57 bits per heavy atom. The molecule has 2 aromatic carbocycles. The fourth-order valence-corrected chi connectivity index (χ4v) is 2.93. The smallest absolute Gasteiger partial charge is 0.197 e. The zero-order valence-corrected chi connectivity index (χ0v) is 12.2. The highest BCUT2D eigenvalue weighted by molar-refractivity contribution is 6.17. The molecule has 0 radical (unpaired) electrons. The predicted molar refractivity (Wildman–Crippen MR) is 85.6 cm³/mol. The number of rotatable bonds is 4. The lowest BCUT2D eigenvalue weighted by Crippen LogP contribution is -2.13. The molecule has 0 aliphatic heterocycles. The van der Waals surface area contributed by atoms with Gasteiger partial charge in [0, 0.05) is 23.2 Å². The molecule has 0 aliphatic carbocycles. The second-order valence-electron chi connectivity index (χ2n) is 5.03. The number of hydrogen-bond donors (Lipinski definition) is 0. The molecule has 1 heterocycles. The molecular formula is C17H15ClFNO. The third kappa shape index (κ3) is 2.42. The molecule has 4 heteroatoms. The number of fused-ring (bicyclic) bond motifs is 2. The van der Waals surface area contributed by atoms with E-state index in [2.05, 4.69) is 0 Å². The van der Waals surface area contributed by atoms with Gasteiger partial charge in [-0.15, -0.1) is 11.6 Å². The number of alkyl halides is 1. The highest BCUT2D eigenvalue weighted by Gasteiger charge is 2.13. The Morgan fingerprint density at radius 1 is 1.00 bits per heavy atom. The maximum absolute atomic E-state index is 14.3. The summed E-state index contributed by atoms with van der Waals surface area (Å²) in [5.41, 5.74) is 1.04. The predicted octanol–water partition coefficient (Wildman–Crippen LogP) is 4.31. The van der Waals surface area contributed by atoms with E-state index in [0.717, 1.165) is 18.4 Å². The van der Waals surface area contributed by atoms with Gasteiger partial charge in [-0.25, -0.2) is 4.39 Å². The summed E-state index contributed by atoms with van der Waals surface area (Å²) in [6.07, 6.45) is 1.71. The standard InChI is InChI=1S/C17H15ClFNO/c18-10-3-4-11-20-15-9-2-1-6-12(15)17(21)13-7-5-8-14(19)16(13)20/h1-2,5-9H,3-4,10-11H2. The molecule has 0 atom stereocenters. The van der Waals surface area contributed by atoms with Gasteiger partial charge >= 0.3 is 0 Å². The van der Waals surface area contributed by atoms with E-state index in [-0.39, 0.29) is 11.2 Å². The van der Waals surface area contributed by atoms with Gasteiger partial charge < -0.3 is 4.57 Å². The van der Waals surface area contributed by atoms with Crippen molar-refractivity contribution in [2.45, 2.75) is 19.4 Å². The molecule has 21 heavy (non-hydrogen) atoms. The molecule has 0 bridgehead atoms. The van der Waals surface area contributed by atoms with Crippen LogP contribution in [0.4, 0.5) is 4.39 Å². The van der Waals surface area contributed by atoms with Gasteiger partial charge in [-0.3, -0.25) is 4.79 Å². The highest BCUT2D eigenvalue weighted by Crippen LogP contribution is 2.22. The number of halogens is 2. The zero-order valence-electron chi connectivity index (χ0n) is 11.5. The SMILES string of the molecule is O=c1c2ccccc2n(CCCCCl)c2c(F)cccc12. The molecule has 2 nitrogen and oxygen atoms in total. The summed E-state index contributed by atoms with van der Waals surface area (Å²) in [6, 6.07) is 12.0. The quantitative estimate of drug-likeness (QED) is 0.400. The summed E-state index contributed by atoms with van der Waals surface area (Å²) in [5.74, 6) is 0.222. The minimum absolute atomic E-state index is 0.117. The van der Waals surface area contributed by atoms with Crippen molar-refractivity contribution in [1.29, 1.82) is 0 Å². The summed E-state index contributed by atoms with van der Waals surface area (Å²) in [6.45, 7) is 0.644. The minimum atomic E-state index is -0.360. The first-order chi connectivity index (χ1) is 10.2. The average molecular weight is 304 g/mol. The molecule has 0 saturated heterocycles. The van der Waals surface area contributed by atoms with Crippen molar-refractivity contribution in [3.63, 3.8) is 0 Å². The van der Waals surface area contributed by atoms with Gasteiger partial charge in [0.15, 0.2) is 5.43 Å². The Balaban J connectivity index is 2.38. The van der Waals surface area contributed by atoms with Crippen LogP contribution in [-0.4, -0.2) is 10.4 Å².